The highest BCUT2D eigenvalue weighted by Gasteiger charge is 1.97. The molecule has 0 saturated carbocycles. The van der Waals surface area contributed by atoms with Crippen LogP contribution in [-0.2, 0) is 4.74 Å². The number of hydrogen-bond donors (Lipinski definition) is 0. The van der Waals surface area contributed by atoms with Crippen LogP contribution in [0.4, 0.5) is 0 Å². The van der Waals surface area contributed by atoms with E-state index in [1.165, 1.54) is 5.56 Å². The summed E-state index contributed by atoms with van der Waals surface area (Å²) in [7, 11) is 1.71. The van der Waals surface area contributed by atoms with E-state index in [1.807, 2.05) is 24.3 Å². The second kappa shape index (κ2) is 6.17. The third kappa shape index (κ3) is 3.58. The monoisotopic (exact) mass is 188 g/mol. The van der Waals surface area contributed by atoms with Crippen molar-refractivity contribution in [3.05, 3.63) is 54.6 Å². The Hall–Kier alpha value is -1.34. The van der Waals surface area contributed by atoms with Crippen molar-refractivity contribution in [1.82, 2.24) is 0 Å². The highest BCUT2D eigenvalue weighted by atomic mass is 16.5. The third-order valence-electron chi connectivity index (χ3n) is 2.00. The molecule has 0 saturated heterocycles. The lowest BCUT2D eigenvalue weighted by Gasteiger charge is -2.06. The fourth-order valence-electron chi connectivity index (χ4n) is 1.20. The van der Waals surface area contributed by atoms with E-state index in [4.69, 9.17) is 4.74 Å². The normalized spacial score (nSPS) is 12.9. The molecule has 1 atom stereocenters. The number of rotatable bonds is 5. The molecule has 1 nitrogen and oxygen atoms in total. The summed E-state index contributed by atoms with van der Waals surface area (Å²) in [6.45, 7) is 3.69. The molecule has 0 aromatic heterocycles. The van der Waals surface area contributed by atoms with Gasteiger partial charge in [-0.3, -0.25) is 0 Å². The van der Waals surface area contributed by atoms with Crippen LogP contribution in [0.5, 0.6) is 0 Å². The smallest absolute Gasteiger partial charge is 0.0789 e. The van der Waals surface area contributed by atoms with E-state index >= 15 is 0 Å². The van der Waals surface area contributed by atoms with Crippen LogP contribution in [0, 0.1) is 0 Å². The first-order valence-electron chi connectivity index (χ1n) is 4.73. The average Bonchev–Trinajstić information content (AvgIpc) is 2.25. The summed E-state index contributed by atoms with van der Waals surface area (Å²) < 4.78 is 5.25. The summed E-state index contributed by atoms with van der Waals surface area (Å²) in [4.78, 5) is 0. The minimum Gasteiger partial charge on any atom is -0.377 e. The lowest BCUT2D eigenvalue weighted by molar-refractivity contribution is 0.144. The average molecular weight is 188 g/mol. The summed E-state index contributed by atoms with van der Waals surface area (Å²) in [5.74, 6) is 0. The van der Waals surface area contributed by atoms with Crippen LogP contribution in [0.1, 0.15) is 12.0 Å². The minimum absolute atomic E-state index is 0.132. The predicted octanol–water partition coefficient (Wildman–Crippen LogP) is 3.29. The predicted molar refractivity (Wildman–Crippen MR) is 61.1 cm³/mol. The quantitative estimate of drug-likeness (QED) is 0.644. The molecule has 0 aliphatic heterocycles. The van der Waals surface area contributed by atoms with Crippen LogP contribution >= 0.6 is 0 Å². The van der Waals surface area contributed by atoms with Gasteiger partial charge in [-0.1, -0.05) is 48.6 Å². The zero-order valence-corrected chi connectivity index (χ0v) is 8.52. The Morgan fingerprint density at radius 3 is 2.64 bits per heavy atom. The van der Waals surface area contributed by atoms with E-state index in [1.54, 1.807) is 7.11 Å². The van der Waals surface area contributed by atoms with Crippen molar-refractivity contribution >= 4 is 6.08 Å². The van der Waals surface area contributed by atoms with Crippen LogP contribution < -0.4 is 0 Å². The molecule has 1 unspecified atom stereocenters. The van der Waals surface area contributed by atoms with E-state index < -0.39 is 0 Å². The second-order valence-electron chi connectivity index (χ2n) is 3.07. The molecule has 0 N–H and O–H groups in total. The molecular weight excluding hydrogens is 172 g/mol. The maximum Gasteiger partial charge on any atom is 0.0789 e. The molecule has 0 amide bonds. The summed E-state index contributed by atoms with van der Waals surface area (Å²) in [6, 6.07) is 10.2. The summed E-state index contributed by atoms with van der Waals surface area (Å²) >= 11 is 0. The topological polar surface area (TPSA) is 9.23 Å². The van der Waals surface area contributed by atoms with Gasteiger partial charge in [-0.05, 0) is 12.0 Å². The van der Waals surface area contributed by atoms with Gasteiger partial charge >= 0.3 is 0 Å². The van der Waals surface area contributed by atoms with E-state index in [2.05, 4.69) is 30.9 Å². The van der Waals surface area contributed by atoms with Gasteiger partial charge < -0.3 is 4.74 Å². The van der Waals surface area contributed by atoms with E-state index in [0.29, 0.717) is 0 Å². The van der Waals surface area contributed by atoms with Gasteiger partial charge in [0.25, 0.3) is 0 Å². The Morgan fingerprint density at radius 1 is 1.36 bits per heavy atom. The maximum atomic E-state index is 5.25. The van der Waals surface area contributed by atoms with Crippen LogP contribution in [-0.4, -0.2) is 13.2 Å². The summed E-state index contributed by atoms with van der Waals surface area (Å²) in [5.41, 5.74) is 1.19. The van der Waals surface area contributed by atoms with E-state index in [0.717, 1.165) is 6.42 Å². The Morgan fingerprint density at radius 2 is 2.07 bits per heavy atom. The molecule has 1 heteroatoms. The molecule has 74 valence electrons. The zero-order valence-electron chi connectivity index (χ0n) is 8.52. The SMILES string of the molecule is C=CCC(/C=C/c1ccccc1)OC. The molecule has 0 bridgehead atoms. The maximum absolute atomic E-state index is 5.25. The van der Waals surface area contributed by atoms with E-state index in [9.17, 15) is 0 Å². The fourth-order valence-corrected chi connectivity index (χ4v) is 1.20. The van der Waals surface area contributed by atoms with Gasteiger partial charge in [-0.2, -0.15) is 0 Å². The van der Waals surface area contributed by atoms with Crippen molar-refractivity contribution in [2.45, 2.75) is 12.5 Å². The molecule has 14 heavy (non-hydrogen) atoms. The molecule has 0 spiro atoms. The van der Waals surface area contributed by atoms with E-state index in [-0.39, 0.29) is 6.10 Å². The van der Waals surface area contributed by atoms with Gasteiger partial charge in [0.05, 0.1) is 6.10 Å². The Labute approximate surface area is 85.7 Å². The van der Waals surface area contributed by atoms with Gasteiger partial charge in [0, 0.05) is 7.11 Å². The number of ether oxygens (including phenoxy) is 1. The van der Waals surface area contributed by atoms with Crippen LogP contribution in [0.15, 0.2) is 49.1 Å². The number of methoxy groups -OCH3 is 1. The first kappa shape index (κ1) is 10.7. The van der Waals surface area contributed by atoms with Gasteiger partial charge in [0.1, 0.15) is 0 Å². The van der Waals surface area contributed by atoms with Gasteiger partial charge in [0.15, 0.2) is 0 Å². The Bertz CT molecular complexity index is 287. The second-order valence-corrected chi connectivity index (χ2v) is 3.07. The lowest BCUT2D eigenvalue weighted by atomic mass is 10.1. The molecule has 1 rings (SSSR count). The number of hydrogen-bond acceptors (Lipinski definition) is 1. The molecule has 1 aromatic rings. The molecule has 0 aliphatic carbocycles. The highest BCUT2D eigenvalue weighted by molar-refractivity contribution is 5.49. The van der Waals surface area contributed by atoms with Crippen molar-refractivity contribution < 1.29 is 4.74 Å². The first-order valence-corrected chi connectivity index (χ1v) is 4.73. The Balaban J connectivity index is 2.57. The van der Waals surface area contributed by atoms with Gasteiger partial charge in [0.2, 0.25) is 0 Å². The molecule has 1 aromatic carbocycles. The van der Waals surface area contributed by atoms with Crippen LogP contribution in [0.3, 0.4) is 0 Å². The molecule has 0 heterocycles. The molecule has 0 radical (unpaired) electrons. The summed E-state index contributed by atoms with van der Waals surface area (Å²) in [5, 5.41) is 0. The first-order chi connectivity index (χ1) is 6.86. The standard InChI is InChI=1S/C13H16O/c1-3-7-13(14-2)11-10-12-8-5-4-6-9-12/h3-6,8-11,13H,1,7H2,2H3/b11-10+. The van der Waals surface area contributed by atoms with Crippen molar-refractivity contribution in [1.29, 1.82) is 0 Å². The fraction of sp³-hybridized carbons (Fsp3) is 0.231. The highest BCUT2D eigenvalue weighted by Crippen LogP contribution is 2.05. The van der Waals surface area contributed by atoms with Crippen LogP contribution in [0.25, 0.3) is 6.08 Å². The minimum atomic E-state index is 0.132. The zero-order chi connectivity index (χ0) is 10.2. The van der Waals surface area contributed by atoms with Crippen molar-refractivity contribution in [3.63, 3.8) is 0 Å². The summed E-state index contributed by atoms with van der Waals surface area (Å²) in [6.07, 6.45) is 6.96. The Kier molecular flexibility index (Phi) is 4.73. The molecular formula is C13H16O. The largest absolute Gasteiger partial charge is 0.377 e. The third-order valence-corrected chi connectivity index (χ3v) is 2.00. The van der Waals surface area contributed by atoms with Crippen molar-refractivity contribution in [3.8, 4) is 0 Å². The van der Waals surface area contributed by atoms with Crippen molar-refractivity contribution in [2.24, 2.45) is 0 Å². The van der Waals surface area contributed by atoms with Crippen LogP contribution in [0.2, 0.25) is 0 Å². The van der Waals surface area contributed by atoms with Gasteiger partial charge in [-0.25, -0.2) is 0 Å². The van der Waals surface area contributed by atoms with Crippen molar-refractivity contribution in [2.75, 3.05) is 7.11 Å². The number of benzene rings is 1. The van der Waals surface area contributed by atoms with Gasteiger partial charge in [-0.15, -0.1) is 6.58 Å². The molecule has 0 fully saturated rings. The lowest BCUT2D eigenvalue weighted by Crippen LogP contribution is -2.04. The molecule has 0 aliphatic rings.